The lowest BCUT2D eigenvalue weighted by molar-refractivity contribution is 0.650. The van der Waals surface area contributed by atoms with Gasteiger partial charge in [0.2, 0.25) is 0 Å². The molecule has 0 aliphatic heterocycles. The van der Waals surface area contributed by atoms with E-state index >= 15 is 0 Å². The number of rotatable bonds is 6. The molecule has 0 saturated carbocycles. The summed E-state index contributed by atoms with van der Waals surface area (Å²) in [5, 5.41) is 5.21. The number of benzene rings is 1. The first-order chi connectivity index (χ1) is 9.58. The van der Waals surface area contributed by atoms with Crippen LogP contribution in [0, 0.1) is 0 Å². The molecule has 108 valence electrons. The summed E-state index contributed by atoms with van der Waals surface area (Å²) in [5.41, 5.74) is 8.54. The van der Waals surface area contributed by atoms with Crippen LogP contribution in [0.2, 0.25) is 5.02 Å². The predicted octanol–water partition coefficient (Wildman–Crippen LogP) is 3.30. The minimum atomic E-state index is 0.121. The van der Waals surface area contributed by atoms with Gasteiger partial charge in [-0.1, -0.05) is 18.5 Å². The van der Waals surface area contributed by atoms with Gasteiger partial charge in [-0.2, -0.15) is 5.10 Å². The second-order valence-electron chi connectivity index (χ2n) is 4.83. The van der Waals surface area contributed by atoms with Gasteiger partial charge in [0.1, 0.15) is 0 Å². The monoisotopic (exact) mass is 309 g/mol. The van der Waals surface area contributed by atoms with Crippen molar-refractivity contribution in [1.82, 2.24) is 9.78 Å². The average Bonchev–Trinajstić information content (AvgIpc) is 2.79. The summed E-state index contributed by atoms with van der Waals surface area (Å²) in [5.74, 6) is 0.883. The molecule has 2 aromatic rings. The normalized spacial score (nSPS) is 12.6. The summed E-state index contributed by atoms with van der Waals surface area (Å²) in [6, 6.07) is 10.1. The molecule has 0 aliphatic carbocycles. The van der Waals surface area contributed by atoms with Crippen molar-refractivity contribution in [2.45, 2.75) is 30.7 Å². The summed E-state index contributed by atoms with van der Waals surface area (Å²) in [7, 11) is 1.98. The van der Waals surface area contributed by atoms with Crippen LogP contribution >= 0.6 is 23.4 Å². The van der Waals surface area contributed by atoms with Gasteiger partial charge in [0.05, 0.1) is 5.69 Å². The Morgan fingerprint density at radius 1 is 1.35 bits per heavy atom. The molecule has 0 amide bonds. The van der Waals surface area contributed by atoms with E-state index in [-0.39, 0.29) is 6.04 Å². The molecule has 0 bridgehead atoms. The maximum absolute atomic E-state index is 6.22. The second-order valence-corrected chi connectivity index (χ2v) is 6.36. The van der Waals surface area contributed by atoms with E-state index in [2.05, 4.69) is 18.1 Å². The highest BCUT2D eigenvalue weighted by atomic mass is 35.5. The summed E-state index contributed by atoms with van der Waals surface area (Å²) in [6.07, 6.45) is 1.81. The maximum Gasteiger partial charge on any atom is 0.0624 e. The summed E-state index contributed by atoms with van der Waals surface area (Å²) in [6.45, 7) is 2.11. The first kappa shape index (κ1) is 15.4. The Morgan fingerprint density at radius 3 is 2.65 bits per heavy atom. The van der Waals surface area contributed by atoms with Crippen LogP contribution in [0.4, 0.5) is 0 Å². The smallest absolute Gasteiger partial charge is 0.0624 e. The van der Waals surface area contributed by atoms with Crippen LogP contribution in [0.15, 0.2) is 35.2 Å². The lowest BCUT2D eigenvalue weighted by Gasteiger charge is -2.11. The molecule has 5 heteroatoms. The molecule has 3 nitrogen and oxygen atoms in total. The molecule has 0 fully saturated rings. The van der Waals surface area contributed by atoms with Gasteiger partial charge in [-0.3, -0.25) is 4.68 Å². The minimum absolute atomic E-state index is 0.121. The number of nitrogens with zero attached hydrogens (tertiary/aromatic N) is 2. The molecule has 1 aromatic carbocycles. The van der Waals surface area contributed by atoms with Crippen LogP contribution < -0.4 is 5.73 Å². The van der Waals surface area contributed by atoms with Crippen molar-refractivity contribution in [3.05, 3.63) is 46.7 Å². The van der Waals surface area contributed by atoms with Gasteiger partial charge in [0.25, 0.3) is 0 Å². The van der Waals surface area contributed by atoms with Crippen LogP contribution in [-0.2, 0) is 19.9 Å². The lowest BCUT2D eigenvalue weighted by atomic mass is 10.2. The van der Waals surface area contributed by atoms with E-state index < -0.39 is 0 Å². The fraction of sp³-hybridized carbons (Fsp3) is 0.400. The largest absolute Gasteiger partial charge is 0.327 e. The number of aryl methyl sites for hydroxylation is 2. The summed E-state index contributed by atoms with van der Waals surface area (Å²) >= 11 is 7.63. The number of hydrogen-bond donors (Lipinski definition) is 1. The van der Waals surface area contributed by atoms with Gasteiger partial charge in [-0.05, 0) is 36.8 Å². The molecule has 0 saturated heterocycles. The fourth-order valence-corrected chi connectivity index (χ4v) is 2.98. The highest BCUT2D eigenvalue weighted by Crippen LogP contribution is 2.21. The van der Waals surface area contributed by atoms with Crippen LogP contribution in [0.25, 0.3) is 0 Å². The Morgan fingerprint density at radius 2 is 2.05 bits per heavy atom. The molecule has 0 aliphatic rings. The molecular weight excluding hydrogens is 290 g/mol. The van der Waals surface area contributed by atoms with Crippen LogP contribution in [-0.4, -0.2) is 21.6 Å². The topological polar surface area (TPSA) is 43.8 Å². The molecular formula is C15H20ClN3S. The SMILES string of the molecule is CCc1cc(CC(N)CSc2ccc(Cl)cc2)n(C)n1. The highest BCUT2D eigenvalue weighted by Gasteiger charge is 2.10. The number of hydrogen-bond acceptors (Lipinski definition) is 3. The summed E-state index contributed by atoms with van der Waals surface area (Å²) < 4.78 is 1.94. The van der Waals surface area contributed by atoms with Crippen LogP contribution in [0.3, 0.4) is 0 Å². The lowest BCUT2D eigenvalue weighted by Crippen LogP contribution is -2.26. The first-order valence-electron chi connectivity index (χ1n) is 6.74. The van der Waals surface area contributed by atoms with Crippen molar-refractivity contribution in [2.24, 2.45) is 12.8 Å². The minimum Gasteiger partial charge on any atom is -0.327 e. The quantitative estimate of drug-likeness (QED) is 0.833. The molecule has 1 heterocycles. The molecule has 1 atom stereocenters. The van der Waals surface area contributed by atoms with E-state index in [9.17, 15) is 0 Å². The molecule has 2 rings (SSSR count). The van der Waals surface area contributed by atoms with Crippen molar-refractivity contribution in [2.75, 3.05) is 5.75 Å². The molecule has 1 unspecified atom stereocenters. The van der Waals surface area contributed by atoms with Gasteiger partial charge in [-0.25, -0.2) is 0 Å². The van der Waals surface area contributed by atoms with Gasteiger partial charge >= 0.3 is 0 Å². The molecule has 0 radical (unpaired) electrons. The van der Waals surface area contributed by atoms with E-state index in [0.717, 1.165) is 29.3 Å². The van der Waals surface area contributed by atoms with Gasteiger partial charge < -0.3 is 5.73 Å². The zero-order valence-electron chi connectivity index (χ0n) is 11.8. The number of halogens is 1. The standard InChI is InChI=1S/C15H20ClN3S/c1-3-13-9-14(19(2)18-13)8-12(17)10-20-15-6-4-11(16)5-7-15/h4-7,9,12H,3,8,10,17H2,1-2H3. The average molecular weight is 310 g/mol. The van der Waals surface area contributed by atoms with Crippen molar-refractivity contribution in [1.29, 1.82) is 0 Å². The molecule has 20 heavy (non-hydrogen) atoms. The van der Waals surface area contributed by atoms with Crippen molar-refractivity contribution >= 4 is 23.4 Å². The Hall–Kier alpha value is -0.970. The van der Waals surface area contributed by atoms with E-state index in [1.165, 1.54) is 10.6 Å². The van der Waals surface area contributed by atoms with Crippen molar-refractivity contribution in [3.8, 4) is 0 Å². The van der Waals surface area contributed by atoms with E-state index in [4.69, 9.17) is 17.3 Å². The second kappa shape index (κ2) is 7.16. The van der Waals surface area contributed by atoms with E-state index in [1.54, 1.807) is 11.8 Å². The fourth-order valence-electron chi connectivity index (χ4n) is 2.00. The van der Waals surface area contributed by atoms with Crippen LogP contribution in [0.1, 0.15) is 18.3 Å². The zero-order chi connectivity index (χ0) is 14.5. The van der Waals surface area contributed by atoms with Gasteiger partial charge in [0, 0.05) is 40.9 Å². The molecule has 1 aromatic heterocycles. The van der Waals surface area contributed by atoms with E-state index in [0.29, 0.717) is 0 Å². The van der Waals surface area contributed by atoms with Gasteiger partial charge in [-0.15, -0.1) is 11.8 Å². The third-order valence-corrected chi connectivity index (χ3v) is 4.59. The third-order valence-electron chi connectivity index (χ3n) is 3.14. The highest BCUT2D eigenvalue weighted by molar-refractivity contribution is 7.99. The van der Waals surface area contributed by atoms with Crippen LogP contribution in [0.5, 0.6) is 0 Å². The first-order valence-corrected chi connectivity index (χ1v) is 8.10. The number of nitrogens with two attached hydrogens (primary N) is 1. The Bertz CT molecular complexity index is 551. The Balaban J connectivity index is 1.87. The van der Waals surface area contributed by atoms with E-state index in [1.807, 2.05) is 36.0 Å². The Labute approximate surface area is 129 Å². The maximum atomic E-state index is 6.22. The molecule has 2 N–H and O–H groups in total. The number of thioether (sulfide) groups is 1. The Kier molecular flexibility index (Phi) is 5.52. The third kappa shape index (κ3) is 4.27. The molecule has 0 spiro atoms. The predicted molar refractivity (Wildman–Crippen MR) is 86.4 cm³/mol. The van der Waals surface area contributed by atoms with Crippen molar-refractivity contribution < 1.29 is 0 Å². The summed E-state index contributed by atoms with van der Waals surface area (Å²) in [4.78, 5) is 1.20. The number of aromatic nitrogens is 2. The van der Waals surface area contributed by atoms with Gasteiger partial charge in [0.15, 0.2) is 0 Å². The zero-order valence-corrected chi connectivity index (χ0v) is 13.4. The van der Waals surface area contributed by atoms with Crippen molar-refractivity contribution in [3.63, 3.8) is 0 Å².